The molecule has 1 heterocycles. The summed E-state index contributed by atoms with van der Waals surface area (Å²) in [7, 11) is -2.04. The van der Waals surface area contributed by atoms with E-state index in [1.54, 1.807) is 38.3 Å². The average Bonchev–Trinajstić information content (AvgIpc) is 2.88. The minimum absolute atomic E-state index is 0.128. The van der Waals surface area contributed by atoms with Crippen molar-refractivity contribution in [2.24, 2.45) is 0 Å². The molecular formula is C13H17N3O4S. The molecule has 2 aromatic rings. The summed E-state index contributed by atoms with van der Waals surface area (Å²) < 4.78 is 37.1. The van der Waals surface area contributed by atoms with Crippen LogP contribution >= 0.6 is 0 Å². The zero-order chi connectivity index (χ0) is 15.3. The van der Waals surface area contributed by atoms with Gasteiger partial charge < -0.3 is 9.47 Å². The van der Waals surface area contributed by atoms with Crippen molar-refractivity contribution in [1.29, 1.82) is 0 Å². The van der Waals surface area contributed by atoms with Gasteiger partial charge in [-0.1, -0.05) is 0 Å². The molecule has 7 nitrogen and oxygen atoms in total. The summed E-state index contributed by atoms with van der Waals surface area (Å²) >= 11 is 0. The van der Waals surface area contributed by atoms with Gasteiger partial charge in [0.15, 0.2) is 0 Å². The zero-order valence-electron chi connectivity index (χ0n) is 11.8. The molecule has 0 atom stereocenters. The number of aryl methyl sites for hydroxylation is 1. The number of nitrogens with zero attached hydrogens (tertiary/aromatic N) is 1. The molecule has 0 radical (unpaired) electrons. The molecule has 0 bridgehead atoms. The number of aromatic nitrogens is 2. The lowest BCUT2D eigenvalue weighted by Gasteiger charge is -2.09. The molecule has 2 N–H and O–H groups in total. The molecule has 0 saturated heterocycles. The minimum atomic E-state index is -3.64. The Morgan fingerprint density at radius 2 is 1.95 bits per heavy atom. The van der Waals surface area contributed by atoms with Gasteiger partial charge in [0, 0.05) is 12.8 Å². The maximum Gasteiger partial charge on any atom is 0.265 e. The largest absolute Gasteiger partial charge is 0.491 e. The fourth-order valence-electron chi connectivity index (χ4n) is 1.68. The van der Waals surface area contributed by atoms with Crippen molar-refractivity contribution in [3.8, 4) is 5.75 Å². The highest BCUT2D eigenvalue weighted by atomic mass is 32.2. The smallest absolute Gasteiger partial charge is 0.265 e. The molecule has 21 heavy (non-hydrogen) atoms. The van der Waals surface area contributed by atoms with Crippen molar-refractivity contribution in [3.05, 3.63) is 36.2 Å². The molecule has 0 amide bonds. The van der Waals surface area contributed by atoms with Gasteiger partial charge in [0.05, 0.1) is 18.5 Å². The highest BCUT2D eigenvalue weighted by Gasteiger charge is 2.18. The van der Waals surface area contributed by atoms with Gasteiger partial charge in [-0.05, 0) is 31.2 Å². The molecule has 0 saturated carbocycles. The normalized spacial score (nSPS) is 11.3. The maximum absolute atomic E-state index is 12.2. The van der Waals surface area contributed by atoms with E-state index in [2.05, 4.69) is 14.9 Å². The number of hydrogen-bond acceptors (Lipinski definition) is 5. The van der Waals surface area contributed by atoms with Crippen molar-refractivity contribution in [3.63, 3.8) is 0 Å². The van der Waals surface area contributed by atoms with E-state index in [0.29, 0.717) is 30.3 Å². The van der Waals surface area contributed by atoms with E-state index in [0.717, 1.165) is 0 Å². The first-order valence-corrected chi connectivity index (χ1v) is 7.76. The summed E-state index contributed by atoms with van der Waals surface area (Å²) in [6.07, 6.45) is 1.28. The minimum Gasteiger partial charge on any atom is -0.491 e. The van der Waals surface area contributed by atoms with E-state index in [1.807, 2.05) is 0 Å². The van der Waals surface area contributed by atoms with Gasteiger partial charge in [-0.3, -0.25) is 9.82 Å². The first-order chi connectivity index (χ1) is 10.0. The first kappa shape index (κ1) is 15.3. The van der Waals surface area contributed by atoms with E-state index >= 15 is 0 Å². The molecule has 0 aliphatic carbocycles. The van der Waals surface area contributed by atoms with Crippen molar-refractivity contribution < 1.29 is 17.9 Å². The van der Waals surface area contributed by atoms with E-state index in [-0.39, 0.29) is 4.90 Å². The van der Waals surface area contributed by atoms with Crippen LogP contribution in [0, 0.1) is 6.92 Å². The van der Waals surface area contributed by atoms with Crippen LogP contribution in [0.1, 0.15) is 5.69 Å². The maximum atomic E-state index is 12.2. The summed E-state index contributed by atoms with van der Waals surface area (Å²) in [6, 6.07) is 6.65. The summed E-state index contributed by atoms with van der Waals surface area (Å²) in [6.45, 7) is 2.58. The highest BCUT2D eigenvalue weighted by molar-refractivity contribution is 7.92. The quantitative estimate of drug-likeness (QED) is 0.757. The third-order valence-electron chi connectivity index (χ3n) is 2.74. The second-order valence-electron chi connectivity index (χ2n) is 4.33. The van der Waals surface area contributed by atoms with E-state index in [9.17, 15) is 8.42 Å². The number of nitrogens with one attached hydrogen (secondary N) is 2. The van der Waals surface area contributed by atoms with Crippen LogP contribution in [0.5, 0.6) is 5.75 Å². The second kappa shape index (κ2) is 6.59. The predicted molar refractivity (Wildman–Crippen MR) is 77.9 cm³/mol. The lowest BCUT2D eigenvalue weighted by molar-refractivity contribution is 0.146. The summed E-state index contributed by atoms with van der Waals surface area (Å²) in [4.78, 5) is 0.128. The molecule has 0 spiro atoms. The topological polar surface area (TPSA) is 93.3 Å². The number of benzene rings is 1. The number of ether oxygens (including phenoxy) is 2. The Bertz CT molecular complexity index is 680. The number of methoxy groups -OCH3 is 1. The number of H-pyrrole nitrogens is 1. The van der Waals surface area contributed by atoms with E-state index in [4.69, 9.17) is 9.47 Å². The number of aromatic amines is 1. The zero-order valence-corrected chi connectivity index (χ0v) is 12.6. The van der Waals surface area contributed by atoms with Gasteiger partial charge in [-0.2, -0.15) is 5.10 Å². The van der Waals surface area contributed by atoms with Gasteiger partial charge in [0.2, 0.25) is 0 Å². The Balaban J connectivity index is 2.05. The van der Waals surface area contributed by atoms with Crippen LogP contribution in [-0.2, 0) is 14.8 Å². The van der Waals surface area contributed by atoms with Crippen LogP contribution in [-0.4, -0.2) is 38.9 Å². The van der Waals surface area contributed by atoms with Gasteiger partial charge >= 0.3 is 0 Å². The van der Waals surface area contributed by atoms with Crippen LogP contribution in [0.2, 0.25) is 0 Å². The third kappa shape index (κ3) is 3.96. The fraction of sp³-hybridized carbons (Fsp3) is 0.308. The molecule has 1 aromatic heterocycles. The van der Waals surface area contributed by atoms with E-state index < -0.39 is 10.0 Å². The Morgan fingerprint density at radius 3 is 2.52 bits per heavy atom. The van der Waals surface area contributed by atoms with Crippen LogP contribution in [0.3, 0.4) is 0 Å². The van der Waals surface area contributed by atoms with E-state index in [1.165, 1.54) is 6.20 Å². The molecule has 0 unspecified atom stereocenters. The summed E-state index contributed by atoms with van der Waals surface area (Å²) in [5.74, 6) is 0.648. The predicted octanol–water partition coefficient (Wildman–Crippen LogP) is 1.54. The number of anilines is 1. The van der Waals surface area contributed by atoms with Gasteiger partial charge in [-0.15, -0.1) is 0 Å². The summed E-state index contributed by atoms with van der Waals surface area (Å²) in [5.41, 5.74) is 0.941. The van der Waals surface area contributed by atoms with Crippen LogP contribution in [0.4, 0.5) is 5.69 Å². The van der Waals surface area contributed by atoms with Crippen LogP contribution in [0.25, 0.3) is 0 Å². The van der Waals surface area contributed by atoms with Crippen molar-refractivity contribution in [2.75, 3.05) is 25.0 Å². The van der Waals surface area contributed by atoms with Gasteiger partial charge in [0.25, 0.3) is 10.0 Å². The molecule has 1 aromatic carbocycles. The number of rotatable bonds is 7. The van der Waals surface area contributed by atoms with Crippen molar-refractivity contribution >= 4 is 15.7 Å². The third-order valence-corrected chi connectivity index (χ3v) is 4.23. The number of hydrogen-bond donors (Lipinski definition) is 2. The Kier molecular flexibility index (Phi) is 4.81. The molecule has 114 valence electrons. The standard InChI is InChI=1S/C13H17N3O4S/c1-10-13(9-14-15-10)21(17,18)16-11-3-5-12(6-4-11)20-8-7-19-2/h3-6,9,16H,7-8H2,1-2H3,(H,14,15). The molecular weight excluding hydrogens is 294 g/mol. The fourth-order valence-corrected chi connectivity index (χ4v) is 2.88. The molecule has 0 fully saturated rings. The Morgan fingerprint density at radius 1 is 1.24 bits per heavy atom. The van der Waals surface area contributed by atoms with Crippen molar-refractivity contribution in [2.45, 2.75) is 11.8 Å². The molecule has 2 rings (SSSR count). The average molecular weight is 311 g/mol. The molecule has 0 aliphatic rings. The van der Waals surface area contributed by atoms with Gasteiger partial charge in [0.1, 0.15) is 17.3 Å². The number of sulfonamides is 1. The Labute approximate surface area is 123 Å². The van der Waals surface area contributed by atoms with Crippen LogP contribution < -0.4 is 9.46 Å². The van der Waals surface area contributed by atoms with Gasteiger partial charge in [-0.25, -0.2) is 8.42 Å². The molecule has 0 aliphatic heterocycles. The lowest BCUT2D eigenvalue weighted by atomic mass is 10.3. The highest BCUT2D eigenvalue weighted by Crippen LogP contribution is 2.20. The SMILES string of the molecule is COCCOc1ccc(NS(=O)(=O)c2cn[nH]c2C)cc1. The van der Waals surface area contributed by atoms with Crippen molar-refractivity contribution in [1.82, 2.24) is 10.2 Å². The Hall–Kier alpha value is -2.06. The monoisotopic (exact) mass is 311 g/mol. The lowest BCUT2D eigenvalue weighted by Crippen LogP contribution is -2.13. The second-order valence-corrected chi connectivity index (χ2v) is 5.98. The molecule has 8 heteroatoms. The summed E-state index contributed by atoms with van der Waals surface area (Å²) in [5, 5.41) is 6.31. The first-order valence-electron chi connectivity index (χ1n) is 6.27. The van der Waals surface area contributed by atoms with Crippen LogP contribution in [0.15, 0.2) is 35.4 Å².